The number of benzene rings is 1. The number of aromatic nitrogens is 1. The number of pyridine rings is 1. The second-order valence-electron chi connectivity index (χ2n) is 11.9. The van der Waals surface area contributed by atoms with Crippen molar-refractivity contribution >= 4 is 34.5 Å². The molecular formula is C28H34F3N5O6. The summed E-state index contributed by atoms with van der Waals surface area (Å²) in [5, 5.41) is 5.03. The Bertz CT molecular complexity index is 1470. The zero-order chi connectivity index (χ0) is 31.1. The third-order valence-corrected chi connectivity index (χ3v) is 7.69. The van der Waals surface area contributed by atoms with Crippen molar-refractivity contribution in [1.82, 2.24) is 20.5 Å². The molecule has 11 nitrogen and oxygen atoms in total. The Morgan fingerprint density at radius 3 is 2.45 bits per heavy atom. The molecule has 2 saturated heterocycles. The Labute approximate surface area is 239 Å². The normalized spacial score (nSPS) is 22.0. The highest BCUT2D eigenvalue weighted by Gasteiger charge is 2.53. The fraction of sp³-hybridized carbons (Fsp3) is 0.536. The number of halogens is 3. The average Bonchev–Trinajstić information content (AvgIpc) is 3.47. The highest BCUT2D eigenvalue weighted by Crippen LogP contribution is 2.36. The number of fused-ring (bicyclic) bond motifs is 2. The number of carbonyl (C=O) groups is 4. The van der Waals surface area contributed by atoms with Crippen LogP contribution in [0.4, 0.5) is 13.2 Å². The minimum atomic E-state index is -5.22. The number of hydrogen-bond acceptors (Lipinski definition) is 6. The number of alkyl halides is 3. The van der Waals surface area contributed by atoms with Crippen molar-refractivity contribution in [2.45, 2.75) is 83.4 Å². The number of rotatable bonds is 7. The number of primary amides is 1. The van der Waals surface area contributed by atoms with E-state index in [1.807, 2.05) is 19.1 Å². The molecule has 2 fully saturated rings. The first kappa shape index (κ1) is 31.0. The predicted octanol–water partition coefficient (Wildman–Crippen LogP) is 1.20. The third-order valence-electron chi connectivity index (χ3n) is 7.69. The van der Waals surface area contributed by atoms with Crippen molar-refractivity contribution in [3.8, 4) is 0 Å². The Hall–Kier alpha value is -3.94. The van der Waals surface area contributed by atoms with Crippen LogP contribution in [0, 0.1) is 12.3 Å². The summed E-state index contributed by atoms with van der Waals surface area (Å²) in [6.45, 7) is 6.63. The van der Waals surface area contributed by atoms with Gasteiger partial charge in [-0.25, -0.2) is 0 Å². The van der Waals surface area contributed by atoms with E-state index in [0.717, 1.165) is 10.5 Å². The molecule has 228 valence electrons. The van der Waals surface area contributed by atoms with E-state index in [4.69, 9.17) is 10.5 Å². The molecule has 3 heterocycles. The van der Waals surface area contributed by atoms with Crippen LogP contribution in [-0.4, -0.2) is 76.6 Å². The summed E-state index contributed by atoms with van der Waals surface area (Å²) in [5.41, 5.74) is 5.68. The molecule has 2 aliphatic rings. The first-order valence-corrected chi connectivity index (χ1v) is 13.5. The molecule has 14 heteroatoms. The molecular weight excluding hydrogens is 559 g/mol. The number of nitrogens with one attached hydrogen (secondary N) is 3. The minimum Gasteiger partial charge on any atom is -0.376 e. The summed E-state index contributed by atoms with van der Waals surface area (Å²) in [6.07, 6.45) is -5.68. The van der Waals surface area contributed by atoms with Gasteiger partial charge in [0.1, 0.15) is 18.1 Å². The van der Waals surface area contributed by atoms with E-state index in [0.29, 0.717) is 17.3 Å². The molecule has 5 N–H and O–H groups in total. The fourth-order valence-electron chi connectivity index (χ4n) is 5.54. The molecule has 3 unspecified atom stereocenters. The van der Waals surface area contributed by atoms with E-state index in [2.05, 4.69) is 10.3 Å². The number of ether oxygens (including phenoxy) is 1. The number of amides is 4. The van der Waals surface area contributed by atoms with E-state index in [1.165, 1.54) is 20.8 Å². The van der Waals surface area contributed by atoms with Gasteiger partial charge in [-0.3, -0.25) is 24.0 Å². The summed E-state index contributed by atoms with van der Waals surface area (Å²) in [6, 6.07) is 2.22. The van der Waals surface area contributed by atoms with E-state index in [1.54, 1.807) is 17.4 Å². The second kappa shape index (κ2) is 11.4. The van der Waals surface area contributed by atoms with Gasteiger partial charge in [0.25, 0.3) is 5.56 Å². The largest absolute Gasteiger partial charge is 0.471 e. The van der Waals surface area contributed by atoms with E-state index in [-0.39, 0.29) is 25.0 Å². The van der Waals surface area contributed by atoms with E-state index in [9.17, 15) is 37.1 Å². The highest BCUT2D eigenvalue weighted by molar-refractivity contribution is 5.96. The molecule has 2 aliphatic heterocycles. The Balaban J connectivity index is 1.60. The van der Waals surface area contributed by atoms with Gasteiger partial charge in [-0.15, -0.1) is 0 Å². The number of likely N-dealkylation sites (tertiary alicyclic amines) is 1. The number of aromatic amines is 1. The molecule has 2 aromatic rings. The van der Waals surface area contributed by atoms with Gasteiger partial charge >= 0.3 is 12.1 Å². The van der Waals surface area contributed by atoms with Gasteiger partial charge in [-0.1, -0.05) is 32.4 Å². The Morgan fingerprint density at radius 1 is 1.14 bits per heavy atom. The van der Waals surface area contributed by atoms with Crippen molar-refractivity contribution in [1.29, 1.82) is 0 Å². The van der Waals surface area contributed by atoms with Gasteiger partial charge in [0.05, 0.1) is 12.1 Å². The van der Waals surface area contributed by atoms with Crippen molar-refractivity contribution in [3.05, 3.63) is 45.7 Å². The molecule has 0 saturated carbocycles. The lowest BCUT2D eigenvalue weighted by Crippen LogP contribution is -2.61. The molecule has 4 rings (SSSR count). The molecule has 4 amide bonds. The predicted molar refractivity (Wildman–Crippen MR) is 145 cm³/mol. The summed E-state index contributed by atoms with van der Waals surface area (Å²) < 4.78 is 45.0. The van der Waals surface area contributed by atoms with Gasteiger partial charge in [0.2, 0.25) is 17.7 Å². The zero-order valence-corrected chi connectivity index (χ0v) is 23.6. The third kappa shape index (κ3) is 6.42. The SMILES string of the molecule is Cc1ccc2[nH]c(=O)c(C[C@H](NC(=O)C3CC4OCCC4N3C(=O)[C@@H](NC(=O)C(F)(F)F)C(C)(C)C)C(N)=O)cc2c1. The lowest BCUT2D eigenvalue weighted by atomic mass is 9.85. The maximum atomic E-state index is 13.8. The summed E-state index contributed by atoms with van der Waals surface area (Å²) >= 11 is 0. The van der Waals surface area contributed by atoms with Gasteiger partial charge in [0.15, 0.2) is 0 Å². The molecule has 0 aliphatic carbocycles. The maximum Gasteiger partial charge on any atom is 0.471 e. The van der Waals surface area contributed by atoms with Crippen LogP contribution in [0.3, 0.4) is 0 Å². The summed E-state index contributed by atoms with van der Waals surface area (Å²) in [7, 11) is 0. The maximum absolute atomic E-state index is 13.8. The molecule has 42 heavy (non-hydrogen) atoms. The van der Waals surface area contributed by atoms with Crippen molar-refractivity contribution < 1.29 is 37.1 Å². The number of nitrogens with two attached hydrogens (primary N) is 1. The van der Waals surface area contributed by atoms with E-state index < -0.39 is 71.1 Å². The average molecular weight is 594 g/mol. The van der Waals surface area contributed by atoms with Crippen LogP contribution in [-0.2, 0) is 30.3 Å². The molecule has 0 bridgehead atoms. The van der Waals surface area contributed by atoms with Crippen molar-refractivity contribution in [2.75, 3.05) is 6.61 Å². The Kier molecular flexibility index (Phi) is 8.40. The molecule has 1 aromatic carbocycles. The molecule has 0 radical (unpaired) electrons. The van der Waals surface area contributed by atoms with Gasteiger partial charge in [-0.2, -0.15) is 13.2 Å². The first-order chi connectivity index (χ1) is 19.5. The number of carbonyl (C=O) groups excluding carboxylic acids is 4. The molecule has 1 aromatic heterocycles. The molecule has 5 atom stereocenters. The van der Waals surface area contributed by atoms with Crippen molar-refractivity contribution in [3.63, 3.8) is 0 Å². The number of nitrogens with zero attached hydrogens (tertiary/aromatic N) is 1. The summed E-state index contributed by atoms with van der Waals surface area (Å²) in [5.74, 6) is -4.87. The smallest absolute Gasteiger partial charge is 0.376 e. The topological polar surface area (TPSA) is 164 Å². The molecule has 0 spiro atoms. The van der Waals surface area contributed by atoms with Gasteiger partial charge in [-0.05, 0) is 42.3 Å². The van der Waals surface area contributed by atoms with Crippen LogP contribution < -0.4 is 21.9 Å². The standard InChI is InChI=1S/C28H34F3N5O6/c1-13-5-6-16-14(9-13)10-15(23(38)33-16)11-17(22(32)37)34-24(39)19-12-20-18(7-8-42-20)36(19)25(40)21(27(2,3)4)35-26(41)28(29,30)31/h5-6,9-10,17-21H,7-8,11-12H2,1-4H3,(H2,32,37)(H,33,38)(H,34,39)(H,35,41)/t17-,18?,19?,20?,21+/m0/s1. The van der Waals surface area contributed by atoms with Gasteiger partial charge < -0.3 is 31.0 Å². The lowest BCUT2D eigenvalue weighted by molar-refractivity contribution is -0.176. The van der Waals surface area contributed by atoms with Crippen LogP contribution >= 0.6 is 0 Å². The quantitative estimate of drug-likeness (QED) is 0.377. The number of hydrogen-bond donors (Lipinski definition) is 4. The number of H-pyrrole nitrogens is 1. The van der Waals surface area contributed by atoms with Gasteiger partial charge in [0, 0.05) is 30.5 Å². The van der Waals surface area contributed by atoms with Crippen LogP contribution in [0.2, 0.25) is 0 Å². The second-order valence-corrected chi connectivity index (χ2v) is 11.9. The van der Waals surface area contributed by atoms with Crippen LogP contribution in [0.15, 0.2) is 29.1 Å². The minimum absolute atomic E-state index is 0.0215. The zero-order valence-electron chi connectivity index (χ0n) is 23.6. The fourth-order valence-corrected chi connectivity index (χ4v) is 5.54. The number of aryl methyl sites for hydroxylation is 1. The highest BCUT2D eigenvalue weighted by atomic mass is 19.4. The van der Waals surface area contributed by atoms with Crippen molar-refractivity contribution in [2.24, 2.45) is 11.1 Å². The van der Waals surface area contributed by atoms with Crippen LogP contribution in [0.5, 0.6) is 0 Å². The first-order valence-electron chi connectivity index (χ1n) is 13.5. The lowest BCUT2D eigenvalue weighted by Gasteiger charge is -2.37. The van der Waals surface area contributed by atoms with Crippen LogP contribution in [0.25, 0.3) is 10.9 Å². The van der Waals surface area contributed by atoms with E-state index >= 15 is 0 Å². The van der Waals surface area contributed by atoms with Crippen LogP contribution in [0.1, 0.15) is 44.7 Å². The summed E-state index contributed by atoms with van der Waals surface area (Å²) in [4.78, 5) is 68.2. The monoisotopic (exact) mass is 593 g/mol. The Morgan fingerprint density at radius 2 is 1.83 bits per heavy atom.